The van der Waals surface area contributed by atoms with E-state index in [9.17, 15) is 14.1 Å². The molecular weight excluding hydrogens is 498 g/mol. The molecule has 2 atom stereocenters. The van der Waals surface area contributed by atoms with Crippen molar-refractivity contribution in [2.24, 2.45) is 0 Å². The third-order valence-corrected chi connectivity index (χ3v) is 8.25. The van der Waals surface area contributed by atoms with Crippen molar-refractivity contribution in [2.45, 2.75) is 51.2 Å². The van der Waals surface area contributed by atoms with Gasteiger partial charge in [-0.3, -0.25) is 4.79 Å². The standard InChI is InChI=1S/C30H33N3O4S/c1-30(2,3)20-5-8-24(27(13-20)32-16-22-15-23(17-32)37-22)18-4-7-25-19(12-18)10-11-33(29(25)35)21-6-9-28(34)26(14-21)31-38-36/h4-9,12-14,22-23,34,38H,10-11,15-17H2,1-3H3,(H,31,36). The van der Waals surface area contributed by atoms with E-state index in [1.807, 2.05) is 6.07 Å². The van der Waals surface area contributed by atoms with Crippen LogP contribution in [0.2, 0.25) is 0 Å². The monoisotopic (exact) mass is 531 g/mol. The number of phenols is 1. The van der Waals surface area contributed by atoms with Crippen LogP contribution in [0, 0.1) is 0 Å². The highest BCUT2D eigenvalue weighted by Gasteiger charge is 2.39. The lowest BCUT2D eigenvalue weighted by Crippen LogP contribution is -2.57. The number of nitrogens with zero attached hydrogens (tertiary/aromatic N) is 2. The maximum atomic E-state index is 13.5. The highest BCUT2D eigenvalue weighted by atomic mass is 32.2. The largest absolute Gasteiger partial charge is 0.506 e. The van der Waals surface area contributed by atoms with Crippen LogP contribution < -0.4 is 14.5 Å². The maximum Gasteiger partial charge on any atom is 0.258 e. The van der Waals surface area contributed by atoms with E-state index in [1.54, 1.807) is 17.0 Å². The number of morpholine rings is 1. The van der Waals surface area contributed by atoms with Crippen molar-refractivity contribution in [3.05, 3.63) is 71.3 Å². The highest BCUT2D eigenvalue weighted by molar-refractivity contribution is 7.67. The Morgan fingerprint density at radius 1 is 1.00 bits per heavy atom. The fraction of sp³-hybridized carbons (Fsp3) is 0.367. The number of hydrogen-bond donors (Lipinski definition) is 3. The normalized spacial score (nSPS) is 20.7. The van der Waals surface area contributed by atoms with Gasteiger partial charge in [-0.25, -0.2) is 4.21 Å². The smallest absolute Gasteiger partial charge is 0.258 e. The first kappa shape index (κ1) is 24.9. The number of anilines is 3. The predicted molar refractivity (Wildman–Crippen MR) is 153 cm³/mol. The van der Waals surface area contributed by atoms with Crippen molar-refractivity contribution in [1.82, 2.24) is 0 Å². The first-order valence-corrected chi connectivity index (χ1v) is 13.9. The molecule has 4 aliphatic heterocycles. The fourth-order valence-corrected chi connectivity index (χ4v) is 6.07. The van der Waals surface area contributed by atoms with Crippen LogP contribution in [0.1, 0.15) is 48.7 Å². The van der Waals surface area contributed by atoms with Crippen LogP contribution in [-0.4, -0.2) is 47.1 Å². The molecule has 3 aromatic rings. The van der Waals surface area contributed by atoms with Crippen LogP contribution in [0.4, 0.5) is 17.1 Å². The van der Waals surface area contributed by atoms with Gasteiger partial charge in [0.1, 0.15) is 17.6 Å². The Bertz CT molecular complexity index is 1420. The zero-order valence-electron chi connectivity index (χ0n) is 21.9. The number of phenolic OH excluding ortho intramolecular Hbond substituents is 1. The summed E-state index contributed by atoms with van der Waals surface area (Å²) < 4.78 is 19.5. The average molecular weight is 532 g/mol. The van der Waals surface area contributed by atoms with E-state index in [4.69, 9.17) is 4.74 Å². The average Bonchev–Trinajstić information content (AvgIpc) is 2.89. The van der Waals surface area contributed by atoms with Crippen LogP contribution in [0.25, 0.3) is 11.1 Å². The summed E-state index contributed by atoms with van der Waals surface area (Å²) in [5, 5.41) is 10.0. The molecule has 7 rings (SSSR count). The molecule has 198 valence electrons. The molecule has 0 spiro atoms. The molecule has 2 bridgehead atoms. The lowest BCUT2D eigenvalue weighted by molar-refractivity contribution is -0.133. The van der Waals surface area contributed by atoms with Crippen molar-refractivity contribution < 1.29 is 18.8 Å². The quantitative estimate of drug-likeness (QED) is 0.325. The van der Waals surface area contributed by atoms with Crippen molar-refractivity contribution in [1.29, 1.82) is 0 Å². The fourth-order valence-electron chi connectivity index (χ4n) is 5.79. The van der Waals surface area contributed by atoms with Gasteiger partial charge in [0.2, 0.25) is 0 Å². The lowest BCUT2D eigenvalue weighted by atomic mass is 9.84. The Hall–Kier alpha value is -3.36. The van der Waals surface area contributed by atoms with Crippen LogP contribution in [0.3, 0.4) is 0 Å². The van der Waals surface area contributed by atoms with Gasteiger partial charge in [-0.1, -0.05) is 45.0 Å². The second-order valence-electron chi connectivity index (χ2n) is 11.5. The molecule has 7 nitrogen and oxygen atoms in total. The summed E-state index contributed by atoms with van der Waals surface area (Å²) in [5.74, 6) is -0.0943. The zero-order valence-corrected chi connectivity index (χ0v) is 22.8. The number of amides is 1. The first-order valence-electron chi connectivity index (χ1n) is 13.1. The molecule has 4 heterocycles. The highest BCUT2D eigenvalue weighted by Crippen LogP contribution is 2.40. The van der Waals surface area contributed by atoms with Gasteiger partial charge in [-0.05, 0) is 58.9 Å². The van der Waals surface area contributed by atoms with Crippen LogP contribution >= 0.6 is 0 Å². The van der Waals surface area contributed by atoms with Gasteiger partial charge >= 0.3 is 0 Å². The van der Waals surface area contributed by atoms with E-state index >= 15 is 0 Å². The van der Waals surface area contributed by atoms with Crippen LogP contribution in [0.15, 0.2) is 54.6 Å². The Morgan fingerprint density at radius 2 is 1.74 bits per heavy atom. The van der Waals surface area contributed by atoms with E-state index < -0.39 is 0 Å². The Morgan fingerprint density at radius 3 is 2.45 bits per heavy atom. The summed E-state index contributed by atoms with van der Waals surface area (Å²) in [7, 11) is 0. The molecule has 8 heteroatoms. The van der Waals surface area contributed by atoms with E-state index in [-0.39, 0.29) is 28.9 Å². The van der Waals surface area contributed by atoms with Crippen LogP contribution in [-0.2, 0) is 28.4 Å². The number of fused-ring (bicyclic) bond motifs is 3. The zero-order chi connectivity index (χ0) is 26.6. The molecule has 3 aromatic carbocycles. The third-order valence-electron chi connectivity index (χ3n) is 7.92. The number of rotatable bonds is 5. The van der Waals surface area contributed by atoms with E-state index in [0.717, 1.165) is 37.1 Å². The minimum absolute atomic E-state index is 0.0162. The van der Waals surface area contributed by atoms with E-state index in [0.29, 0.717) is 35.7 Å². The number of aromatic hydroxyl groups is 1. The molecule has 3 fully saturated rings. The molecule has 4 aliphatic rings. The molecule has 0 saturated carbocycles. The summed E-state index contributed by atoms with van der Waals surface area (Å²) in [6.07, 6.45) is 2.50. The van der Waals surface area contributed by atoms with Crippen molar-refractivity contribution in [2.75, 3.05) is 34.2 Å². The Balaban J connectivity index is 1.34. The number of thiol groups is 1. The maximum absolute atomic E-state index is 13.5. The Labute approximate surface area is 227 Å². The van der Waals surface area contributed by atoms with Gasteiger partial charge in [0, 0.05) is 48.6 Å². The van der Waals surface area contributed by atoms with Gasteiger partial charge < -0.3 is 24.4 Å². The van der Waals surface area contributed by atoms with Gasteiger partial charge in [-0.2, -0.15) is 0 Å². The van der Waals surface area contributed by atoms with Crippen molar-refractivity contribution in [3.8, 4) is 16.9 Å². The summed E-state index contributed by atoms with van der Waals surface area (Å²) in [6.45, 7) is 9.07. The number of piperidine rings is 1. The number of carbonyl (C=O) groups is 1. The van der Waals surface area contributed by atoms with Gasteiger partial charge in [-0.15, -0.1) is 0 Å². The summed E-state index contributed by atoms with van der Waals surface area (Å²) in [4.78, 5) is 17.7. The molecule has 2 N–H and O–H groups in total. The predicted octanol–water partition coefficient (Wildman–Crippen LogP) is 4.81. The molecule has 1 amide bonds. The second kappa shape index (κ2) is 9.43. The van der Waals surface area contributed by atoms with Gasteiger partial charge in [0.25, 0.3) is 5.91 Å². The molecule has 38 heavy (non-hydrogen) atoms. The summed E-state index contributed by atoms with van der Waals surface area (Å²) in [5.41, 5.74) is 7.58. The lowest BCUT2D eigenvalue weighted by Gasteiger charge is -2.48. The van der Waals surface area contributed by atoms with E-state index in [1.165, 1.54) is 22.9 Å². The second-order valence-corrected chi connectivity index (χ2v) is 11.9. The number of nitrogens with one attached hydrogen (secondary N) is 1. The molecule has 2 unspecified atom stereocenters. The van der Waals surface area contributed by atoms with Crippen molar-refractivity contribution in [3.63, 3.8) is 0 Å². The molecule has 3 saturated heterocycles. The third kappa shape index (κ3) is 4.46. The SMILES string of the molecule is CC(C)(C)c1ccc(-c2ccc3c(c2)CCN(c2ccc(O)c(N[SH]=O)c2)C3=O)c(N2CC3CC(C2)O3)c1. The molecular formula is C30H33N3O4S. The summed E-state index contributed by atoms with van der Waals surface area (Å²) >= 11 is -0.318. The number of carbonyl (C=O) groups excluding carboxylic acids is 1. The molecule has 0 aliphatic carbocycles. The summed E-state index contributed by atoms with van der Waals surface area (Å²) in [6, 6.07) is 17.8. The minimum atomic E-state index is -0.318. The van der Waals surface area contributed by atoms with Crippen LogP contribution in [0.5, 0.6) is 5.75 Å². The Kier molecular flexibility index (Phi) is 6.19. The molecule has 0 aromatic heterocycles. The number of ether oxygens (including phenoxy) is 1. The van der Waals surface area contributed by atoms with Crippen molar-refractivity contribution >= 4 is 34.8 Å². The number of hydrogen-bond acceptors (Lipinski definition) is 5. The topological polar surface area (TPSA) is 82.1 Å². The molecule has 0 radical (unpaired) electrons. The van der Waals surface area contributed by atoms with Gasteiger partial charge in [0.15, 0.2) is 0 Å². The first-order chi connectivity index (χ1) is 18.2. The van der Waals surface area contributed by atoms with Gasteiger partial charge in [0.05, 0.1) is 17.9 Å². The van der Waals surface area contributed by atoms with E-state index in [2.05, 4.69) is 60.7 Å². The minimum Gasteiger partial charge on any atom is -0.506 e. The number of benzene rings is 3.